The van der Waals surface area contributed by atoms with Crippen LogP contribution in [0, 0.1) is 0 Å². The fourth-order valence-corrected chi connectivity index (χ4v) is 2.56. The van der Waals surface area contributed by atoms with Gasteiger partial charge < -0.3 is 5.32 Å². The zero-order chi connectivity index (χ0) is 13.7. The van der Waals surface area contributed by atoms with Crippen molar-refractivity contribution in [2.75, 3.05) is 0 Å². The average Bonchev–Trinajstić information content (AvgIpc) is 2.89. The lowest BCUT2D eigenvalue weighted by Gasteiger charge is -2.20. The molecule has 2 rings (SSSR count). The third-order valence-electron chi connectivity index (χ3n) is 3.23. The van der Waals surface area contributed by atoms with E-state index in [1.165, 1.54) is 5.56 Å². The van der Waals surface area contributed by atoms with Crippen LogP contribution in [0.25, 0.3) is 0 Å². The lowest BCUT2D eigenvalue weighted by molar-refractivity contribution is 0.421. The molecular weight excluding hydrogens is 302 g/mol. The van der Waals surface area contributed by atoms with Crippen LogP contribution in [-0.4, -0.2) is 15.8 Å². The van der Waals surface area contributed by atoms with Crippen molar-refractivity contribution in [2.45, 2.75) is 38.9 Å². The SMILES string of the molecule is C[C@@H](CCn1cccn1)N[C@H](C)c1cccc(Br)c1. The number of rotatable bonds is 6. The maximum atomic E-state index is 4.22. The second-order valence-corrected chi connectivity index (χ2v) is 5.82. The maximum Gasteiger partial charge on any atom is 0.0489 e. The minimum atomic E-state index is 0.352. The molecule has 1 aromatic heterocycles. The van der Waals surface area contributed by atoms with Gasteiger partial charge in [-0.3, -0.25) is 4.68 Å². The maximum absolute atomic E-state index is 4.22. The number of nitrogens with one attached hydrogen (secondary N) is 1. The molecule has 1 heterocycles. The van der Waals surface area contributed by atoms with E-state index in [9.17, 15) is 0 Å². The van der Waals surface area contributed by atoms with Gasteiger partial charge in [0.1, 0.15) is 0 Å². The Morgan fingerprint density at radius 2 is 2.16 bits per heavy atom. The van der Waals surface area contributed by atoms with Gasteiger partial charge in [0.05, 0.1) is 0 Å². The van der Waals surface area contributed by atoms with E-state index in [0.717, 1.165) is 17.4 Å². The van der Waals surface area contributed by atoms with Crippen LogP contribution in [0.15, 0.2) is 47.2 Å². The minimum absolute atomic E-state index is 0.352. The molecule has 0 saturated carbocycles. The predicted molar refractivity (Wildman–Crippen MR) is 82.0 cm³/mol. The highest BCUT2D eigenvalue weighted by Gasteiger charge is 2.09. The molecule has 0 aliphatic rings. The van der Waals surface area contributed by atoms with Gasteiger partial charge in [-0.15, -0.1) is 0 Å². The molecule has 1 aromatic carbocycles. The first-order valence-electron chi connectivity index (χ1n) is 6.64. The fourth-order valence-electron chi connectivity index (χ4n) is 2.14. The summed E-state index contributed by atoms with van der Waals surface area (Å²) in [5.74, 6) is 0. The Labute approximate surface area is 123 Å². The number of halogens is 1. The van der Waals surface area contributed by atoms with Crippen LogP contribution >= 0.6 is 15.9 Å². The smallest absolute Gasteiger partial charge is 0.0489 e. The molecule has 4 heteroatoms. The van der Waals surface area contributed by atoms with Crippen LogP contribution in [-0.2, 0) is 6.54 Å². The average molecular weight is 322 g/mol. The van der Waals surface area contributed by atoms with E-state index in [-0.39, 0.29) is 0 Å². The molecule has 102 valence electrons. The standard InChI is InChI=1S/C15H20BrN3/c1-12(7-10-19-9-4-8-17-19)18-13(2)14-5-3-6-15(16)11-14/h3-6,8-9,11-13,18H,7,10H2,1-2H3/t12-,13+/m0/s1. The topological polar surface area (TPSA) is 29.9 Å². The van der Waals surface area contributed by atoms with Crippen molar-refractivity contribution in [3.05, 3.63) is 52.8 Å². The van der Waals surface area contributed by atoms with Crippen molar-refractivity contribution >= 4 is 15.9 Å². The number of aryl methyl sites for hydroxylation is 1. The Bertz CT molecular complexity index is 496. The van der Waals surface area contributed by atoms with Gasteiger partial charge in [0, 0.05) is 35.5 Å². The number of hydrogen-bond acceptors (Lipinski definition) is 2. The third kappa shape index (κ3) is 4.48. The van der Waals surface area contributed by atoms with Crippen LogP contribution in [0.2, 0.25) is 0 Å². The molecule has 1 N–H and O–H groups in total. The number of aromatic nitrogens is 2. The number of nitrogens with zero attached hydrogens (tertiary/aromatic N) is 2. The molecule has 19 heavy (non-hydrogen) atoms. The molecule has 2 atom stereocenters. The van der Waals surface area contributed by atoms with Crippen LogP contribution < -0.4 is 5.32 Å². The van der Waals surface area contributed by atoms with Crippen LogP contribution in [0.3, 0.4) is 0 Å². The van der Waals surface area contributed by atoms with Gasteiger partial charge >= 0.3 is 0 Å². The van der Waals surface area contributed by atoms with Crippen molar-refractivity contribution < 1.29 is 0 Å². The summed E-state index contributed by atoms with van der Waals surface area (Å²) in [5, 5.41) is 7.84. The molecule has 0 spiro atoms. The Balaban J connectivity index is 1.83. The lowest BCUT2D eigenvalue weighted by Crippen LogP contribution is -2.30. The Hall–Kier alpha value is -1.13. The molecule has 0 fully saturated rings. The molecule has 0 aliphatic carbocycles. The highest BCUT2D eigenvalue weighted by molar-refractivity contribution is 9.10. The molecule has 2 aromatic rings. The highest BCUT2D eigenvalue weighted by atomic mass is 79.9. The predicted octanol–water partition coefficient (Wildman–Crippen LogP) is 3.78. The molecule has 0 bridgehead atoms. The molecule has 0 aliphatic heterocycles. The number of hydrogen-bond donors (Lipinski definition) is 1. The summed E-state index contributed by atoms with van der Waals surface area (Å²) >= 11 is 3.51. The first-order chi connectivity index (χ1) is 9.15. The molecule has 0 saturated heterocycles. The third-order valence-corrected chi connectivity index (χ3v) is 3.73. The fraction of sp³-hybridized carbons (Fsp3) is 0.400. The van der Waals surface area contributed by atoms with Crippen molar-refractivity contribution in [2.24, 2.45) is 0 Å². The van der Waals surface area contributed by atoms with E-state index in [1.54, 1.807) is 0 Å². The quantitative estimate of drug-likeness (QED) is 0.877. The van der Waals surface area contributed by atoms with Crippen LogP contribution in [0.5, 0.6) is 0 Å². The second kappa shape index (κ2) is 6.87. The van der Waals surface area contributed by atoms with Crippen LogP contribution in [0.1, 0.15) is 31.9 Å². The van der Waals surface area contributed by atoms with E-state index in [2.05, 4.69) is 64.5 Å². The molecule has 0 amide bonds. The van der Waals surface area contributed by atoms with Crippen LogP contribution in [0.4, 0.5) is 0 Å². The van der Waals surface area contributed by atoms with Crippen molar-refractivity contribution in [1.29, 1.82) is 0 Å². The van der Waals surface area contributed by atoms with E-state index in [1.807, 2.05) is 23.1 Å². The normalized spacial score (nSPS) is 14.3. The Morgan fingerprint density at radius 1 is 1.32 bits per heavy atom. The summed E-state index contributed by atoms with van der Waals surface area (Å²) in [7, 11) is 0. The Morgan fingerprint density at radius 3 is 2.84 bits per heavy atom. The van der Waals surface area contributed by atoms with Gasteiger partial charge in [-0.25, -0.2) is 0 Å². The van der Waals surface area contributed by atoms with Gasteiger partial charge in [-0.2, -0.15) is 5.10 Å². The van der Waals surface area contributed by atoms with Crippen molar-refractivity contribution in [3.8, 4) is 0 Å². The van der Waals surface area contributed by atoms with Gasteiger partial charge in [0.25, 0.3) is 0 Å². The summed E-state index contributed by atoms with van der Waals surface area (Å²) in [6.07, 6.45) is 4.90. The molecule has 0 unspecified atom stereocenters. The first-order valence-corrected chi connectivity index (χ1v) is 7.43. The largest absolute Gasteiger partial charge is 0.308 e. The highest BCUT2D eigenvalue weighted by Crippen LogP contribution is 2.18. The van der Waals surface area contributed by atoms with E-state index in [4.69, 9.17) is 0 Å². The zero-order valence-electron chi connectivity index (χ0n) is 11.4. The molecule has 3 nitrogen and oxygen atoms in total. The lowest BCUT2D eigenvalue weighted by atomic mass is 10.1. The number of benzene rings is 1. The Kier molecular flexibility index (Phi) is 5.16. The van der Waals surface area contributed by atoms with Gasteiger partial charge in [0.2, 0.25) is 0 Å². The van der Waals surface area contributed by atoms with E-state index < -0.39 is 0 Å². The summed E-state index contributed by atoms with van der Waals surface area (Å²) in [6.45, 7) is 5.37. The molecule has 0 radical (unpaired) electrons. The van der Waals surface area contributed by atoms with E-state index >= 15 is 0 Å². The molecular formula is C15H20BrN3. The summed E-state index contributed by atoms with van der Waals surface area (Å²) in [4.78, 5) is 0. The zero-order valence-corrected chi connectivity index (χ0v) is 13.0. The monoisotopic (exact) mass is 321 g/mol. The second-order valence-electron chi connectivity index (χ2n) is 4.90. The summed E-state index contributed by atoms with van der Waals surface area (Å²) in [6, 6.07) is 11.2. The first kappa shape index (κ1) is 14.3. The van der Waals surface area contributed by atoms with Crippen molar-refractivity contribution in [3.63, 3.8) is 0 Å². The summed E-state index contributed by atoms with van der Waals surface area (Å²) < 4.78 is 3.10. The minimum Gasteiger partial charge on any atom is -0.308 e. The van der Waals surface area contributed by atoms with Gasteiger partial charge in [-0.1, -0.05) is 28.1 Å². The van der Waals surface area contributed by atoms with Gasteiger partial charge in [0.15, 0.2) is 0 Å². The van der Waals surface area contributed by atoms with E-state index in [0.29, 0.717) is 12.1 Å². The van der Waals surface area contributed by atoms with Crippen molar-refractivity contribution in [1.82, 2.24) is 15.1 Å². The summed E-state index contributed by atoms with van der Waals surface area (Å²) in [5.41, 5.74) is 1.31. The van der Waals surface area contributed by atoms with Gasteiger partial charge in [-0.05, 0) is 44.0 Å².